The van der Waals surface area contributed by atoms with Crippen molar-refractivity contribution in [1.82, 2.24) is 9.97 Å². The van der Waals surface area contributed by atoms with Gasteiger partial charge in [-0.2, -0.15) is 4.98 Å². The molecule has 0 saturated carbocycles. The van der Waals surface area contributed by atoms with Crippen molar-refractivity contribution < 1.29 is 22.0 Å². The van der Waals surface area contributed by atoms with Gasteiger partial charge in [0.15, 0.2) is 23.3 Å². The highest BCUT2D eigenvalue weighted by atomic mass is 79.9. The van der Waals surface area contributed by atoms with E-state index in [-0.39, 0.29) is 15.6 Å². The number of nitrogens with one attached hydrogen (secondary N) is 1. The predicted molar refractivity (Wildman–Crippen MR) is 64.3 cm³/mol. The summed E-state index contributed by atoms with van der Waals surface area (Å²) in [4.78, 5) is 7.10. The molecule has 0 fully saturated rings. The van der Waals surface area contributed by atoms with E-state index < -0.39 is 34.8 Å². The third-order valence-electron chi connectivity index (χ3n) is 2.17. The van der Waals surface area contributed by atoms with E-state index in [1.165, 1.54) is 0 Å². The van der Waals surface area contributed by atoms with Crippen molar-refractivity contribution >= 4 is 39.0 Å². The van der Waals surface area contributed by atoms with Crippen molar-refractivity contribution in [3.8, 4) is 0 Å². The van der Waals surface area contributed by atoms with Gasteiger partial charge < -0.3 is 5.32 Å². The van der Waals surface area contributed by atoms with Crippen LogP contribution < -0.4 is 5.32 Å². The van der Waals surface area contributed by atoms with E-state index in [2.05, 4.69) is 25.9 Å². The first-order valence-electron chi connectivity index (χ1n) is 4.79. The van der Waals surface area contributed by atoms with E-state index in [1.807, 2.05) is 5.32 Å². The largest absolute Gasteiger partial charge is 0.334 e. The molecular formula is C10H2BrClF5N3. The summed E-state index contributed by atoms with van der Waals surface area (Å²) in [5.74, 6) is -10.7. The lowest BCUT2D eigenvalue weighted by Crippen LogP contribution is -2.08. The Hall–Kier alpha value is -1.48. The van der Waals surface area contributed by atoms with E-state index >= 15 is 0 Å². The summed E-state index contributed by atoms with van der Waals surface area (Å²) in [5.41, 5.74) is -1.24. The maximum absolute atomic E-state index is 13.4. The van der Waals surface area contributed by atoms with Crippen LogP contribution in [0.1, 0.15) is 0 Å². The normalized spacial score (nSPS) is 10.8. The number of halogens is 7. The quantitative estimate of drug-likeness (QED) is 0.368. The zero-order valence-electron chi connectivity index (χ0n) is 9.12. The third kappa shape index (κ3) is 2.55. The van der Waals surface area contributed by atoms with E-state index in [9.17, 15) is 22.0 Å². The topological polar surface area (TPSA) is 37.8 Å². The summed E-state index contributed by atoms with van der Waals surface area (Å²) < 4.78 is 65.9. The van der Waals surface area contributed by atoms with E-state index in [0.717, 1.165) is 6.20 Å². The molecule has 2 rings (SSSR count). The molecule has 0 aliphatic carbocycles. The highest BCUT2D eigenvalue weighted by molar-refractivity contribution is 9.10. The number of rotatable bonds is 2. The van der Waals surface area contributed by atoms with Crippen LogP contribution in [0, 0.1) is 29.1 Å². The van der Waals surface area contributed by atoms with Gasteiger partial charge in [0.05, 0.1) is 4.47 Å². The number of anilines is 2. The van der Waals surface area contributed by atoms with Crippen molar-refractivity contribution in [2.75, 3.05) is 5.32 Å². The minimum Gasteiger partial charge on any atom is -0.334 e. The molecule has 0 radical (unpaired) electrons. The number of benzene rings is 1. The lowest BCUT2D eigenvalue weighted by molar-refractivity contribution is 0.382. The Morgan fingerprint density at radius 3 is 2.00 bits per heavy atom. The molecule has 1 aromatic heterocycles. The Bertz CT molecular complexity index is 668. The lowest BCUT2D eigenvalue weighted by Gasteiger charge is -2.11. The molecule has 3 nitrogen and oxygen atoms in total. The van der Waals surface area contributed by atoms with Gasteiger partial charge in [0.25, 0.3) is 0 Å². The Morgan fingerprint density at radius 1 is 0.950 bits per heavy atom. The molecule has 1 heterocycles. The van der Waals surface area contributed by atoms with Crippen LogP contribution in [0.3, 0.4) is 0 Å². The first-order chi connectivity index (χ1) is 9.32. The van der Waals surface area contributed by atoms with Crippen LogP contribution in [0.15, 0.2) is 10.7 Å². The van der Waals surface area contributed by atoms with Gasteiger partial charge in [0.1, 0.15) is 11.5 Å². The van der Waals surface area contributed by atoms with Crippen LogP contribution in [0.25, 0.3) is 0 Å². The zero-order valence-corrected chi connectivity index (χ0v) is 11.5. The summed E-state index contributed by atoms with van der Waals surface area (Å²) in [5, 5.41) is 1.70. The minimum absolute atomic E-state index is 0.117. The van der Waals surface area contributed by atoms with Gasteiger partial charge in [-0.15, -0.1) is 0 Å². The predicted octanol–water partition coefficient (Wildman–Crippen LogP) is 4.33. The second-order valence-corrected chi connectivity index (χ2v) is 4.60. The second kappa shape index (κ2) is 5.49. The standard InChI is InChI=1S/C10H2BrClF5N3/c11-2-1-18-10(12)20-9(2)19-8-6(16)4(14)3(13)5(15)7(8)17/h1H,(H,18,19,20). The van der Waals surface area contributed by atoms with Crippen LogP contribution in [-0.4, -0.2) is 9.97 Å². The maximum atomic E-state index is 13.4. The lowest BCUT2D eigenvalue weighted by atomic mass is 10.2. The average molecular weight is 374 g/mol. The fourth-order valence-corrected chi connectivity index (χ4v) is 1.69. The molecule has 0 amide bonds. The summed E-state index contributed by atoms with van der Waals surface area (Å²) in [6.45, 7) is 0. The van der Waals surface area contributed by atoms with Gasteiger partial charge in [-0.1, -0.05) is 0 Å². The van der Waals surface area contributed by atoms with E-state index in [4.69, 9.17) is 11.6 Å². The number of hydrogen-bond donors (Lipinski definition) is 1. The first kappa shape index (κ1) is 14.9. The summed E-state index contributed by atoms with van der Waals surface area (Å²) >= 11 is 8.41. The Labute approximate surface area is 121 Å². The summed E-state index contributed by atoms with van der Waals surface area (Å²) in [7, 11) is 0. The third-order valence-corrected chi connectivity index (χ3v) is 2.93. The molecule has 0 atom stereocenters. The van der Waals surface area contributed by atoms with Crippen molar-refractivity contribution in [1.29, 1.82) is 0 Å². The molecule has 20 heavy (non-hydrogen) atoms. The number of nitrogens with zero attached hydrogens (tertiary/aromatic N) is 2. The van der Waals surface area contributed by atoms with Crippen LogP contribution in [0.4, 0.5) is 33.5 Å². The van der Waals surface area contributed by atoms with Gasteiger partial charge in [-0.25, -0.2) is 26.9 Å². The smallest absolute Gasteiger partial charge is 0.224 e. The monoisotopic (exact) mass is 373 g/mol. The molecule has 0 saturated heterocycles. The Morgan fingerprint density at radius 2 is 1.45 bits per heavy atom. The molecule has 2 aromatic rings. The van der Waals surface area contributed by atoms with Gasteiger partial charge in [-0.3, -0.25) is 0 Å². The van der Waals surface area contributed by atoms with Crippen LogP contribution >= 0.6 is 27.5 Å². The zero-order chi connectivity index (χ0) is 15.0. The van der Waals surface area contributed by atoms with Crippen molar-refractivity contribution in [2.45, 2.75) is 0 Å². The molecule has 0 spiro atoms. The van der Waals surface area contributed by atoms with Gasteiger partial charge in [0, 0.05) is 6.20 Å². The van der Waals surface area contributed by atoms with E-state index in [0.29, 0.717) is 0 Å². The first-order valence-corrected chi connectivity index (χ1v) is 5.96. The fourth-order valence-electron chi connectivity index (χ4n) is 1.27. The SMILES string of the molecule is Fc1c(F)c(F)c(Nc2nc(Cl)ncc2Br)c(F)c1F. The molecular weight excluding hydrogens is 372 g/mol. The van der Waals surface area contributed by atoms with Crippen LogP contribution in [0.2, 0.25) is 5.28 Å². The van der Waals surface area contributed by atoms with Gasteiger partial charge in [0.2, 0.25) is 11.1 Å². The van der Waals surface area contributed by atoms with Crippen LogP contribution in [-0.2, 0) is 0 Å². The van der Waals surface area contributed by atoms with Crippen molar-refractivity contribution in [3.63, 3.8) is 0 Å². The molecule has 1 N–H and O–H groups in total. The molecule has 106 valence electrons. The summed E-state index contributed by atoms with van der Waals surface area (Å²) in [6.07, 6.45) is 1.14. The molecule has 0 bridgehead atoms. The molecule has 1 aromatic carbocycles. The number of hydrogen-bond acceptors (Lipinski definition) is 3. The van der Waals surface area contributed by atoms with Crippen molar-refractivity contribution in [2.24, 2.45) is 0 Å². The van der Waals surface area contributed by atoms with Crippen molar-refractivity contribution in [3.05, 3.63) is 45.0 Å². The molecule has 0 aliphatic heterocycles. The van der Waals surface area contributed by atoms with Gasteiger partial charge in [-0.05, 0) is 27.5 Å². The Kier molecular flexibility index (Phi) is 4.09. The highest BCUT2D eigenvalue weighted by Gasteiger charge is 2.26. The maximum Gasteiger partial charge on any atom is 0.224 e. The Balaban J connectivity index is 2.57. The molecule has 0 aliphatic rings. The molecule has 10 heteroatoms. The molecule has 0 unspecified atom stereocenters. The summed E-state index contributed by atoms with van der Waals surface area (Å²) in [6, 6.07) is 0. The highest BCUT2D eigenvalue weighted by Crippen LogP contribution is 2.31. The van der Waals surface area contributed by atoms with Crippen LogP contribution in [0.5, 0.6) is 0 Å². The fraction of sp³-hybridized carbons (Fsp3) is 0. The average Bonchev–Trinajstić information content (AvgIpc) is 2.43. The number of aromatic nitrogens is 2. The van der Waals surface area contributed by atoms with E-state index in [1.54, 1.807) is 0 Å². The minimum atomic E-state index is -2.25. The second-order valence-electron chi connectivity index (χ2n) is 3.41. The van der Waals surface area contributed by atoms with Gasteiger partial charge >= 0.3 is 0 Å².